The molecule has 3 aromatic heterocycles. The largest absolute Gasteiger partial charge is 0.492 e. The van der Waals surface area contributed by atoms with Gasteiger partial charge in [-0.2, -0.15) is 5.26 Å². The summed E-state index contributed by atoms with van der Waals surface area (Å²) in [4.78, 5) is 36.0. The highest BCUT2D eigenvalue weighted by molar-refractivity contribution is 5.78. The summed E-state index contributed by atoms with van der Waals surface area (Å²) in [6.07, 6.45) is 5.51. The topological polar surface area (TPSA) is 118 Å². The van der Waals surface area contributed by atoms with Crippen LogP contribution in [-0.4, -0.2) is 113 Å². The van der Waals surface area contributed by atoms with Gasteiger partial charge in [0.1, 0.15) is 41.8 Å². The van der Waals surface area contributed by atoms with E-state index < -0.39 is 0 Å². The molecule has 0 radical (unpaired) electrons. The average Bonchev–Trinajstić information content (AvgIpc) is 3.51. The standard InChI is InChI=1S/C35H44N10O2/c1-26-33(38-28-7-6-15-44(25-28)32(46)13-14-36)39-34(30-23-37-31-8-4-5-16-45(30)31)40-35(26)43-19-17-42(18-20-43)24-27-9-11-29(12-10-27)47-22-21-41(2)3/h4-5,8-12,16,23,28H,6-7,13,15,17-22,24-25H2,1-3H3,(H,38,39,40)/t28-/m1/s1. The first-order chi connectivity index (χ1) is 22.9. The number of likely N-dealkylation sites (tertiary alicyclic amines) is 1. The van der Waals surface area contributed by atoms with Gasteiger partial charge < -0.3 is 24.8 Å². The van der Waals surface area contributed by atoms with Crippen LogP contribution in [0.15, 0.2) is 54.9 Å². The van der Waals surface area contributed by atoms with Crippen molar-refractivity contribution in [2.45, 2.75) is 38.8 Å². The van der Waals surface area contributed by atoms with Gasteiger partial charge in [0, 0.05) is 70.2 Å². The number of rotatable bonds is 11. The van der Waals surface area contributed by atoms with Crippen molar-refractivity contribution in [3.05, 3.63) is 66.0 Å². The van der Waals surface area contributed by atoms with Gasteiger partial charge >= 0.3 is 0 Å². The van der Waals surface area contributed by atoms with Gasteiger partial charge in [0.25, 0.3) is 0 Å². The van der Waals surface area contributed by atoms with Crippen molar-refractivity contribution in [1.29, 1.82) is 5.26 Å². The minimum Gasteiger partial charge on any atom is -0.492 e. The highest BCUT2D eigenvalue weighted by Crippen LogP contribution is 2.30. The second-order valence-corrected chi connectivity index (χ2v) is 12.6. The van der Waals surface area contributed by atoms with Crippen LogP contribution in [0.3, 0.4) is 0 Å². The van der Waals surface area contributed by atoms with E-state index in [0.29, 0.717) is 25.5 Å². The van der Waals surface area contributed by atoms with Crippen LogP contribution in [-0.2, 0) is 11.3 Å². The van der Waals surface area contributed by atoms with Crippen molar-refractivity contribution in [1.82, 2.24) is 34.1 Å². The molecule has 2 aliphatic heterocycles. The molecule has 2 aliphatic rings. The third-order valence-electron chi connectivity index (χ3n) is 8.92. The van der Waals surface area contributed by atoms with Gasteiger partial charge in [-0.3, -0.25) is 14.1 Å². The number of carbonyl (C=O) groups excluding carboxylic acids is 1. The number of nitriles is 1. The summed E-state index contributed by atoms with van der Waals surface area (Å²) in [5.74, 6) is 3.07. The molecule has 12 heteroatoms. The number of benzene rings is 1. The minimum atomic E-state index is -0.118. The second-order valence-electron chi connectivity index (χ2n) is 12.6. The number of anilines is 2. The summed E-state index contributed by atoms with van der Waals surface area (Å²) in [7, 11) is 4.09. The van der Waals surface area contributed by atoms with Gasteiger partial charge in [0.05, 0.1) is 12.3 Å². The zero-order chi connectivity index (χ0) is 32.8. The van der Waals surface area contributed by atoms with E-state index in [2.05, 4.69) is 56.2 Å². The molecule has 0 spiro atoms. The molecule has 246 valence electrons. The number of hydrogen-bond donors (Lipinski definition) is 1. The maximum atomic E-state index is 12.5. The Bertz CT molecular complexity index is 1710. The molecule has 0 unspecified atom stereocenters. The third-order valence-corrected chi connectivity index (χ3v) is 8.92. The van der Waals surface area contributed by atoms with Crippen LogP contribution in [0.1, 0.15) is 30.4 Å². The number of pyridine rings is 1. The highest BCUT2D eigenvalue weighted by Gasteiger charge is 2.27. The summed E-state index contributed by atoms with van der Waals surface area (Å²) < 4.78 is 7.88. The van der Waals surface area contributed by atoms with Crippen LogP contribution in [0.25, 0.3) is 17.2 Å². The van der Waals surface area contributed by atoms with E-state index in [-0.39, 0.29) is 18.4 Å². The number of piperidine rings is 1. The van der Waals surface area contributed by atoms with Gasteiger partial charge in [0.2, 0.25) is 5.91 Å². The van der Waals surface area contributed by atoms with Crippen molar-refractivity contribution >= 4 is 23.2 Å². The Hall–Kier alpha value is -4.73. The van der Waals surface area contributed by atoms with Crippen molar-refractivity contribution in [3.63, 3.8) is 0 Å². The van der Waals surface area contributed by atoms with E-state index in [0.717, 1.165) is 86.4 Å². The fourth-order valence-electron chi connectivity index (χ4n) is 6.27. The van der Waals surface area contributed by atoms with E-state index >= 15 is 0 Å². The first-order valence-corrected chi connectivity index (χ1v) is 16.4. The molecule has 6 rings (SSSR count). The first kappa shape index (κ1) is 32.2. The number of nitrogens with zero attached hydrogens (tertiary/aromatic N) is 9. The number of carbonyl (C=O) groups is 1. The van der Waals surface area contributed by atoms with Gasteiger partial charge in [-0.25, -0.2) is 15.0 Å². The van der Waals surface area contributed by atoms with Crippen LogP contribution in [0, 0.1) is 18.3 Å². The molecule has 0 saturated carbocycles. The number of amides is 1. The second kappa shape index (κ2) is 14.8. The predicted octanol–water partition coefficient (Wildman–Crippen LogP) is 3.68. The number of likely N-dealkylation sites (N-methyl/N-ethyl adjacent to an activating group) is 1. The smallest absolute Gasteiger partial charge is 0.236 e. The van der Waals surface area contributed by atoms with Gasteiger partial charge in [0.15, 0.2) is 5.82 Å². The molecule has 1 amide bonds. The number of fused-ring (bicyclic) bond motifs is 1. The fourth-order valence-corrected chi connectivity index (χ4v) is 6.27. The first-order valence-electron chi connectivity index (χ1n) is 16.4. The Kier molecular flexibility index (Phi) is 10.1. The van der Waals surface area contributed by atoms with E-state index in [1.54, 1.807) is 4.90 Å². The molecule has 5 heterocycles. The van der Waals surface area contributed by atoms with Gasteiger partial charge in [-0.15, -0.1) is 0 Å². The van der Waals surface area contributed by atoms with Crippen LogP contribution < -0.4 is 15.0 Å². The summed E-state index contributed by atoms with van der Waals surface area (Å²) in [6.45, 7) is 9.26. The molecule has 2 fully saturated rings. The molecule has 12 nitrogen and oxygen atoms in total. The van der Waals surface area contributed by atoms with Gasteiger partial charge in [-0.05, 0) is 63.7 Å². The third kappa shape index (κ3) is 7.81. The number of imidazole rings is 1. The van der Waals surface area contributed by atoms with Crippen LogP contribution in [0.4, 0.5) is 11.6 Å². The van der Waals surface area contributed by atoms with E-state index in [9.17, 15) is 4.79 Å². The van der Waals surface area contributed by atoms with Gasteiger partial charge in [-0.1, -0.05) is 18.2 Å². The summed E-state index contributed by atoms with van der Waals surface area (Å²) in [5.41, 5.74) is 3.92. The predicted molar refractivity (Wildman–Crippen MR) is 182 cm³/mol. The van der Waals surface area contributed by atoms with Crippen molar-refractivity contribution in [2.24, 2.45) is 0 Å². The SMILES string of the molecule is Cc1c(N[C@@H]2CCCN(C(=O)CC#N)C2)nc(-c2cnc3ccccn23)nc1N1CCN(Cc2ccc(OCCN(C)C)cc2)CC1. The van der Waals surface area contributed by atoms with Crippen molar-refractivity contribution in [3.8, 4) is 23.3 Å². The summed E-state index contributed by atoms with van der Waals surface area (Å²) >= 11 is 0. The molecule has 4 aromatic rings. The molecule has 0 bridgehead atoms. The molecular weight excluding hydrogens is 592 g/mol. The van der Waals surface area contributed by atoms with E-state index in [4.69, 9.17) is 20.0 Å². The quantitative estimate of drug-likeness (QED) is 0.261. The van der Waals surface area contributed by atoms with Crippen LogP contribution in [0.5, 0.6) is 5.75 Å². The zero-order valence-electron chi connectivity index (χ0n) is 27.6. The zero-order valence-corrected chi connectivity index (χ0v) is 27.6. The highest BCUT2D eigenvalue weighted by atomic mass is 16.5. The molecule has 0 aliphatic carbocycles. The lowest BCUT2D eigenvalue weighted by molar-refractivity contribution is -0.131. The summed E-state index contributed by atoms with van der Waals surface area (Å²) in [6, 6.07) is 16.4. The van der Waals surface area contributed by atoms with Crippen molar-refractivity contribution < 1.29 is 9.53 Å². The summed E-state index contributed by atoms with van der Waals surface area (Å²) in [5, 5.41) is 12.7. The lowest BCUT2D eigenvalue weighted by Crippen LogP contribution is -2.47. The fraction of sp³-hybridized carbons (Fsp3) is 0.457. The van der Waals surface area contributed by atoms with Crippen LogP contribution in [0.2, 0.25) is 0 Å². The lowest BCUT2D eigenvalue weighted by Gasteiger charge is -2.37. The van der Waals surface area contributed by atoms with E-state index in [1.165, 1.54) is 5.56 Å². The molecule has 1 N–H and O–H groups in total. The normalized spacial score (nSPS) is 17.2. The molecule has 1 atom stereocenters. The monoisotopic (exact) mass is 636 g/mol. The van der Waals surface area contributed by atoms with Crippen molar-refractivity contribution in [2.75, 3.05) is 76.7 Å². The molecular formula is C35H44N10O2. The van der Waals surface area contributed by atoms with E-state index in [1.807, 2.05) is 55.2 Å². The lowest BCUT2D eigenvalue weighted by atomic mass is 10.0. The Labute approximate surface area is 276 Å². The Morgan fingerprint density at radius 3 is 2.66 bits per heavy atom. The van der Waals surface area contributed by atoms with Crippen LogP contribution >= 0.6 is 0 Å². The maximum Gasteiger partial charge on any atom is 0.236 e. The number of nitrogens with one attached hydrogen (secondary N) is 1. The number of aromatic nitrogens is 4. The maximum absolute atomic E-state index is 12.5. The average molecular weight is 637 g/mol. The number of ether oxygens (including phenoxy) is 1. The minimum absolute atomic E-state index is 0.0319. The Morgan fingerprint density at radius 2 is 1.89 bits per heavy atom. The number of piperazine rings is 1. The number of hydrogen-bond acceptors (Lipinski definition) is 10. The molecule has 2 saturated heterocycles. The Morgan fingerprint density at radius 1 is 1.09 bits per heavy atom. The molecule has 47 heavy (non-hydrogen) atoms. The molecule has 1 aromatic carbocycles. The Balaban J connectivity index is 1.18.